The molecule has 0 saturated carbocycles. The van der Waals surface area contributed by atoms with Crippen molar-refractivity contribution in [2.24, 2.45) is 0 Å². The molecular weight excluding hydrogens is 391 g/mol. The maximum Gasteiger partial charge on any atom is 0.279 e. The average Bonchev–Trinajstić information content (AvgIpc) is 3.28. The van der Waals surface area contributed by atoms with Gasteiger partial charge in [-0.2, -0.15) is 0 Å². The number of thiophene rings is 2. The van der Waals surface area contributed by atoms with Crippen molar-refractivity contribution in [1.29, 1.82) is 0 Å². The van der Waals surface area contributed by atoms with Gasteiger partial charge in [-0.05, 0) is 41.1 Å². The van der Waals surface area contributed by atoms with Crippen LogP contribution in [-0.2, 0) is 11.2 Å². The van der Waals surface area contributed by atoms with Crippen molar-refractivity contribution in [1.82, 2.24) is 0 Å². The summed E-state index contributed by atoms with van der Waals surface area (Å²) in [5, 5.41) is 7.18. The predicted molar refractivity (Wildman–Crippen MR) is 105 cm³/mol. The Balaban J connectivity index is 1.54. The van der Waals surface area contributed by atoms with E-state index in [-0.39, 0.29) is 17.6 Å². The predicted octanol–water partition coefficient (Wildman–Crippen LogP) is 3.77. The fourth-order valence-corrected chi connectivity index (χ4v) is 5.42. The molecule has 134 valence electrons. The molecule has 3 heterocycles. The van der Waals surface area contributed by atoms with Gasteiger partial charge < -0.3 is 10.2 Å². The quantitative estimate of drug-likeness (QED) is 0.678. The van der Waals surface area contributed by atoms with Crippen molar-refractivity contribution >= 4 is 45.9 Å². The van der Waals surface area contributed by atoms with Crippen LogP contribution in [-0.4, -0.2) is 19.0 Å². The lowest BCUT2D eigenvalue weighted by Gasteiger charge is -2.31. The third-order valence-corrected chi connectivity index (χ3v) is 6.76. The van der Waals surface area contributed by atoms with E-state index < -0.39 is 5.82 Å². The van der Waals surface area contributed by atoms with E-state index in [1.807, 2.05) is 6.07 Å². The second-order valence-corrected chi connectivity index (χ2v) is 8.67. The first-order valence-corrected chi connectivity index (χ1v) is 10.4. The van der Waals surface area contributed by atoms with Crippen LogP contribution in [0.15, 0.2) is 47.2 Å². The van der Waals surface area contributed by atoms with Crippen molar-refractivity contribution < 1.29 is 14.1 Å². The number of quaternary nitrogens is 1. The minimum atomic E-state index is -0.519. The third kappa shape index (κ3) is 3.55. The summed E-state index contributed by atoms with van der Waals surface area (Å²) in [6.45, 7) is 1.17. The minimum Gasteiger partial charge on any atom is -0.319 e. The van der Waals surface area contributed by atoms with Gasteiger partial charge in [0.2, 0.25) is 0 Å². The van der Waals surface area contributed by atoms with Crippen LogP contribution >= 0.6 is 34.3 Å². The molecule has 1 aromatic carbocycles. The van der Waals surface area contributed by atoms with E-state index in [1.165, 1.54) is 32.4 Å². The normalized spacial score (nSPS) is 19.2. The van der Waals surface area contributed by atoms with Crippen molar-refractivity contribution in [3.8, 4) is 0 Å². The van der Waals surface area contributed by atoms with Gasteiger partial charge in [-0.15, -0.1) is 22.7 Å². The number of hydrogen-bond donors (Lipinski definition) is 2. The van der Waals surface area contributed by atoms with E-state index >= 15 is 0 Å². The van der Waals surface area contributed by atoms with Crippen LogP contribution in [0, 0.1) is 5.82 Å². The Labute approximate surface area is 164 Å². The van der Waals surface area contributed by atoms with Gasteiger partial charge in [0.15, 0.2) is 6.54 Å². The fourth-order valence-electron chi connectivity index (χ4n) is 3.44. The SMILES string of the molecule is O=C(C[NH+]1CCc2sccc2[C@@H]1c1cccs1)Nc1ccc(Cl)cc1F. The standard InChI is InChI=1S/C19H16ClFN2OS2/c20-12-3-4-15(14(21)10-12)22-18(24)11-23-7-5-16-13(6-9-26-16)19(23)17-2-1-8-25-17/h1-4,6,8-10,19H,5,7,11H2,(H,22,24)/p+1/t19-/m1/s1. The van der Waals surface area contributed by atoms with Crippen LogP contribution in [0.3, 0.4) is 0 Å². The van der Waals surface area contributed by atoms with Crippen LogP contribution in [0.2, 0.25) is 5.02 Å². The topological polar surface area (TPSA) is 33.5 Å². The Morgan fingerprint density at radius 3 is 2.92 bits per heavy atom. The van der Waals surface area contributed by atoms with Crippen LogP contribution in [0.4, 0.5) is 10.1 Å². The lowest BCUT2D eigenvalue weighted by Crippen LogP contribution is -3.14. The molecule has 0 saturated heterocycles. The number of nitrogens with one attached hydrogen (secondary N) is 2. The van der Waals surface area contributed by atoms with Crippen molar-refractivity contribution in [2.45, 2.75) is 12.5 Å². The summed E-state index contributed by atoms with van der Waals surface area (Å²) in [7, 11) is 0. The van der Waals surface area contributed by atoms with Gasteiger partial charge >= 0.3 is 0 Å². The summed E-state index contributed by atoms with van der Waals surface area (Å²) in [4.78, 5) is 16.4. The van der Waals surface area contributed by atoms with Gasteiger partial charge in [0.25, 0.3) is 5.91 Å². The summed E-state index contributed by atoms with van der Waals surface area (Å²) < 4.78 is 13.9. The lowest BCUT2D eigenvalue weighted by atomic mass is 9.98. The van der Waals surface area contributed by atoms with Crippen LogP contribution in [0.5, 0.6) is 0 Å². The van der Waals surface area contributed by atoms with E-state index in [0.717, 1.165) is 13.0 Å². The van der Waals surface area contributed by atoms with Gasteiger partial charge in [-0.1, -0.05) is 17.7 Å². The zero-order chi connectivity index (χ0) is 18.1. The molecule has 0 fully saturated rings. The molecule has 7 heteroatoms. The number of carbonyl (C=O) groups excluding carboxylic acids is 1. The molecule has 3 nitrogen and oxygen atoms in total. The maximum atomic E-state index is 13.9. The highest BCUT2D eigenvalue weighted by Gasteiger charge is 2.35. The molecule has 0 radical (unpaired) electrons. The number of anilines is 1. The van der Waals surface area contributed by atoms with Gasteiger partial charge in [0.05, 0.1) is 17.1 Å². The van der Waals surface area contributed by atoms with Gasteiger partial charge in [-0.3, -0.25) is 4.79 Å². The molecule has 1 aliphatic heterocycles. The van der Waals surface area contributed by atoms with E-state index in [9.17, 15) is 9.18 Å². The van der Waals surface area contributed by atoms with Gasteiger partial charge in [0.1, 0.15) is 11.9 Å². The number of rotatable bonds is 4. The second-order valence-electron chi connectivity index (χ2n) is 6.25. The number of carbonyl (C=O) groups is 1. The molecule has 0 aliphatic carbocycles. The van der Waals surface area contributed by atoms with Crippen molar-refractivity contribution in [3.63, 3.8) is 0 Å². The highest BCUT2D eigenvalue weighted by Crippen LogP contribution is 2.31. The second kappa shape index (κ2) is 7.48. The molecule has 0 bridgehead atoms. The zero-order valence-corrected chi connectivity index (χ0v) is 16.2. The first-order valence-electron chi connectivity index (χ1n) is 8.31. The molecule has 2 N–H and O–H groups in total. The van der Waals surface area contributed by atoms with Crippen LogP contribution in [0.1, 0.15) is 21.4 Å². The maximum absolute atomic E-state index is 13.9. The monoisotopic (exact) mass is 407 g/mol. The smallest absolute Gasteiger partial charge is 0.279 e. The molecule has 1 aliphatic rings. The average molecular weight is 408 g/mol. The molecule has 1 unspecified atom stereocenters. The lowest BCUT2D eigenvalue weighted by molar-refractivity contribution is -0.919. The number of amides is 1. The molecule has 26 heavy (non-hydrogen) atoms. The fraction of sp³-hybridized carbons (Fsp3) is 0.211. The zero-order valence-electron chi connectivity index (χ0n) is 13.8. The number of hydrogen-bond acceptors (Lipinski definition) is 3. The highest BCUT2D eigenvalue weighted by atomic mass is 35.5. The summed E-state index contributed by atoms with van der Waals surface area (Å²) in [5.74, 6) is -0.712. The first-order chi connectivity index (χ1) is 12.6. The largest absolute Gasteiger partial charge is 0.319 e. The Kier molecular flexibility index (Phi) is 5.09. The molecule has 1 amide bonds. The van der Waals surface area contributed by atoms with E-state index in [1.54, 1.807) is 28.7 Å². The van der Waals surface area contributed by atoms with Crippen molar-refractivity contribution in [3.05, 3.63) is 73.3 Å². The van der Waals surface area contributed by atoms with Crippen LogP contribution < -0.4 is 10.2 Å². The summed E-state index contributed by atoms with van der Waals surface area (Å²) in [6, 6.07) is 10.8. The summed E-state index contributed by atoms with van der Waals surface area (Å²) in [6.07, 6.45) is 0.965. The molecule has 0 spiro atoms. The van der Waals surface area contributed by atoms with Crippen LogP contribution in [0.25, 0.3) is 0 Å². The molecule has 4 rings (SSSR count). The third-order valence-electron chi connectivity index (χ3n) is 4.59. The highest BCUT2D eigenvalue weighted by molar-refractivity contribution is 7.10. The number of fused-ring (bicyclic) bond motifs is 1. The number of halogens is 2. The van der Waals surface area contributed by atoms with E-state index in [2.05, 4.69) is 28.2 Å². The Hall–Kier alpha value is -1.73. The Morgan fingerprint density at radius 2 is 2.15 bits per heavy atom. The molecule has 2 aromatic heterocycles. The molecule has 3 aromatic rings. The first kappa shape index (κ1) is 17.7. The van der Waals surface area contributed by atoms with E-state index in [0.29, 0.717) is 11.6 Å². The van der Waals surface area contributed by atoms with E-state index in [4.69, 9.17) is 11.6 Å². The minimum absolute atomic E-state index is 0.158. The van der Waals surface area contributed by atoms with Gasteiger partial charge in [0, 0.05) is 21.9 Å². The summed E-state index contributed by atoms with van der Waals surface area (Å²) >= 11 is 9.26. The summed E-state index contributed by atoms with van der Waals surface area (Å²) in [5.41, 5.74) is 1.48. The molecular formula is C19H17ClFN2OS2+. The van der Waals surface area contributed by atoms with Gasteiger partial charge in [-0.25, -0.2) is 4.39 Å². The molecule has 2 atom stereocenters. The van der Waals surface area contributed by atoms with Crippen molar-refractivity contribution in [2.75, 3.05) is 18.4 Å². The Bertz CT molecular complexity index is 926. The Morgan fingerprint density at radius 1 is 1.27 bits per heavy atom. The number of benzene rings is 1.